The van der Waals surface area contributed by atoms with Crippen LogP contribution < -0.4 is 10.6 Å². The molecule has 0 saturated heterocycles. The van der Waals surface area contributed by atoms with Crippen LogP contribution in [0.5, 0.6) is 0 Å². The maximum atomic E-state index is 12.1. The number of rotatable bonds is 4. The summed E-state index contributed by atoms with van der Waals surface area (Å²) in [6, 6.07) is 16.9. The summed E-state index contributed by atoms with van der Waals surface area (Å²) >= 11 is 0. The van der Waals surface area contributed by atoms with Gasteiger partial charge >= 0.3 is 0 Å². The van der Waals surface area contributed by atoms with Gasteiger partial charge < -0.3 is 10.6 Å². The molecule has 0 amide bonds. The van der Waals surface area contributed by atoms with E-state index in [1.54, 1.807) is 24.3 Å². The van der Waals surface area contributed by atoms with Gasteiger partial charge in [-0.1, -0.05) is 18.2 Å². The van der Waals surface area contributed by atoms with Crippen molar-refractivity contribution in [3.05, 3.63) is 60.2 Å². The molecular formula is C15H16N2O. The first-order valence-corrected chi connectivity index (χ1v) is 5.82. The molecule has 2 N–H and O–H groups in total. The summed E-state index contributed by atoms with van der Waals surface area (Å²) in [5.74, 6) is 0.0846. The number of carbonyl (C=O) groups excluding carboxylic acids is 1. The quantitative estimate of drug-likeness (QED) is 0.660. The number of nitrogen functional groups attached to an aromatic ring is 1. The van der Waals surface area contributed by atoms with Gasteiger partial charge in [-0.15, -0.1) is 0 Å². The number of nitrogens with two attached hydrogens (primary N) is 1. The first-order valence-electron chi connectivity index (χ1n) is 5.82. The smallest absolute Gasteiger partial charge is 0.182 e. The predicted molar refractivity (Wildman–Crippen MR) is 74.9 cm³/mol. The van der Waals surface area contributed by atoms with Crippen LogP contribution in [0.1, 0.15) is 10.4 Å². The molecule has 0 saturated carbocycles. The first kappa shape index (κ1) is 12.2. The summed E-state index contributed by atoms with van der Waals surface area (Å²) in [5, 5.41) is 0. The van der Waals surface area contributed by atoms with E-state index in [4.69, 9.17) is 5.73 Å². The van der Waals surface area contributed by atoms with Gasteiger partial charge in [-0.05, 0) is 36.4 Å². The summed E-state index contributed by atoms with van der Waals surface area (Å²) in [6.07, 6.45) is 0. The van der Waals surface area contributed by atoms with E-state index in [2.05, 4.69) is 0 Å². The highest BCUT2D eigenvalue weighted by atomic mass is 16.1. The average molecular weight is 240 g/mol. The van der Waals surface area contributed by atoms with Gasteiger partial charge in [-0.25, -0.2) is 0 Å². The Hall–Kier alpha value is -2.29. The molecule has 0 bridgehead atoms. The summed E-state index contributed by atoms with van der Waals surface area (Å²) in [7, 11) is 1.91. The van der Waals surface area contributed by atoms with Crippen molar-refractivity contribution in [3.8, 4) is 0 Å². The lowest BCUT2D eigenvalue weighted by atomic mass is 10.1. The van der Waals surface area contributed by atoms with Crippen LogP contribution in [0.25, 0.3) is 0 Å². The van der Waals surface area contributed by atoms with Crippen molar-refractivity contribution in [1.82, 2.24) is 0 Å². The Balaban J connectivity index is 2.06. The number of anilines is 2. The SMILES string of the molecule is CN(CC(=O)c1ccc(N)cc1)c1ccccc1. The number of ketones is 1. The Labute approximate surface area is 107 Å². The molecule has 0 atom stereocenters. The van der Waals surface area contributed by atoms with Gasteiger partial charge in [0.15, 0.2) is 5.78 Å². The van der Waals surface area contributed by atoms with E-state index in [1.807, 2.05) is 42.3 Å². The number of nitrogens with zero attached hydrogens (tertiary/aromatic N) is 1. The number of Topliss-reactive ketones (excluding diaryl/α,β-unsaturated/α-hetero) is 1. The van der Waals surface area contributed by atoms with Gasteiger partial charge in [0.25, 0.3) is 0 Å². The molecule has 0 aromatic heterocycles. The second-order valence-corrected chi connectivity index (χ2v) is 4.24. The lowest BCUT2D eigenvalue weighted by Crippen LogP contribution is -2.25. The molecule has 3 heteroatoms. The lowest BCUT2D eigenvalue weighted by molar-refractivity contribution is 0.100. The predicted octanol–water partition coefficient (Wildman–Crippen LogP) is 2.59. The van der Waals surface area contributed by atoms with Crippen LogP contribution in [-0.2, 0) is 0 Å². The zero-order chi connectivity index (χ0) is 13.0. The molecule has 18 heavy (non-hydrogen) atoms. The van der Waals surface area contributed by atoms with Crippen LogP contribution in [0.15, 0.2) is 54.6 Å². The lowest BCUT2D eigenvalue weighted by Gasteiger charge is -2.18. The fourth-order valence-electron chi connectivity index (χ4n) is 1.75. The molecule has 0 radical (unpaired) electrons. The monoisotopic (exact) mass is 240 g/mol. The van der Waals surface area contributed by atoms with Crippen molar-refractivity contribution in [2.24, 2.45) is 0 Å². The molecule has 2 aromatic carbocycles. The summed E-state index contributed by atoms with van der Waals surface area (Å²) in [6.45, 7) is 0.355. The number of para-hydroxylation sites is 1. The Kier molecular flexibility index (Phi) is 3.63. The van der Waals surface area contributed by atoms with Crippen molar-refractivity contribution in [2.75, 3.05) is 24.2 Å². The zero-order valence-corrected chi connectivity index (χ0v) is 10.3. The Morgan fingerprint density at radius 1 is 1.06 bits per heavy atom. The number of likely N-dealkylation sites (N-methyl/N-ethyl adjacent to an activating group) is 1. The van der Waals surface area contributed by atoms with E-state index < -0.39 is 0 Å². The molecule has 2 aromatic rings. The third-order valence-electron chi connectivity index (χ3n) is 2.81. The molecule has 2 rings (SSSR count). The van der Waals surface area contributed by atoms with Gasteiger partial charge in [0, 0.05) is 24.0 Å². The standard InChI is InChI=1S/C15H16N2O/c1-17(14-5-3-2-4-6-14)11-15(18)12-7-9-13(16)10-8-12/h2-10H,11,16H2,1H3. The highest BCUT2D eigenvalue weighted by molar-refractivity contribution is 5.99. The average Bonchev–Trinajstić information content (AvgIpc) is 2.40. The van der Waals surface area contributed by atoms with E-state index in [0.717, 1.165) is 5.69 Å². The molecule has 0 spiro atoms. The molecular weight excluding hydrogens is 224 g/mol. The molecule has 92 valence electrons. The van der Waals surface area contributed by atoms with E-state index in [1.165, 1.54) is 0 Å². The third kappa shape index (κ3) is 2.88. The molecule has 0 aliphatic heterocycles. The van der Waals surface area contributed by atoms with Crippen molar-refractivity contribution < 1.29 is 4.79 Å². The van der Waals surface area contributed by atoms with Gasteiger partial charge in [0.05, 0.1) is 6.54 Å². The fraction of sp³-hybridized carbons (Fsp3) is 0.133. The Morgan fingerprint density at radius 2 is 1.67 bits per heavy atom. The first-order chi connectivity index (χ1) is 8.66. The molecule has 0 aliphatic carbocycles. The fourth-order valence-corrected chi connectivity index (χ4v) is 1.75. The minimum absolute atomic E-state index is 0.0846. The van der Waals surface area contributed by atoms with E-state index in [0.29, 0.717) is 17.8 Å². The van der Waals surface area contributed by atoms with Crippen molar-refractivity contribution in [2.45, 2.75) is 0 Å². The highest BCUT2D eigenvalue weighted by Gasteiger charge is 2.09. The van der Waals surface area contributed by atoms with Crippen LogP contribution in [-0.4, -0.2) is 19.4 Å². The van der Waals surface area contributed by atoms with E-state index in [-0.39, 0.29) is 5.78 Å². The van der Waals surface area contributed by atoms with E-state index in [9.17, 15) is 4.79 Å². The molecule has 0 fully saturated rings. The second kappa shape index (κ2) is 5.36. The van der Waals surface area contributed by atoms with Gasteiger partial charge in [0.2, 0.25) is 0 Å². The zero-order valence-electron chi connectivity index (χ0n) is 10.3. The number of benzene rings is 2. The topological polar surface area (TPSA) is 46.3 Å². The maximum Gasteiger partial charge on any atom is 0.182 e. The summed E-state index contributed by atoms with van der Waals surface area (Å²) in [5.41, 5.74) is 7.98. The number of hydrogen-bond donors (Lipinski definition) is 1. The van der Waals surface area contributed by atoms with Crippen molar-refractivity contribution in [1.29, 1.82) is 0 Å². The molecule has 0 aliphatic rings. The van der Waals surface area contributed by atoms with E-state index >= 15 is 0 Å². The van der Waals surface area contributed by atoms with Gasteiger partial charge in [-0.3, -0.25) is 4.79 Å². The third-order valence-corrected chi connectivity index (χ3v) is 2.81. The minimum Gasteiger partial charge on any atom is -0.399 e. The summed E-state index contributed by atoms with van der Waals surface area (Å²) in [4.78, 5) is 14.0. The van der Waals surface area contributed by atoms with Crippen molar-refractivity contribution in [3.63, 3.8) is 0 Å². The van der Waals surface area contributed by atoms with Crippen LogP contribution in [0.3, 0.4) is 0 Å². The maximum absolute atomic E-state index is 12.1. The minimum atomic E-state index is 0.0846. The van der Waals surface area contributed by atoms with Gasteiger partial charge in [-0.2, -0.15) is 0 Å². The van der Waals surface area contributed by atoms with Crippen molar-refractivity contribution >= 4 is 17.2 Å². The van der Waals surface area contributed by atoms with Crippen LogP contribution in [0.4, 0.5) is 11.4 Å². The highest BCUT2D eigenvalue weighted by Crippen LogP contribution is 2.12. The second-order valence-electron chi connectivity index (χ2n) is 4.24. The number of carbonyl (C=O) groups is 1. The van der Waals surface area contributed by atoms with Crippen LogP contribution in [0.2, 0.25) is 0 Å². The summed E-state index contributed by atoms with van der Waals surface area (Å²) < 4.78 is 0. The molecule has 0 unspecified atom stereocenters. The van der Waals surface area contributed by atoms with Gasteiger partial charge in [0.1, 0.15) is 0 Å². The van der Waals surface area contributed by atoms with Crippen LogP contribution >= 0.6 is 0 Å². The molecule has 0 heterocycles. The normalized spacial score (nSPS) is 10.1. The van der Waals surface area contributed by atoms with Crippen LogP contribution in [0, 0.1) is 0 Å². The molecule has 3 nitrogen and oxygen atoms in total. The largest absolute Gasteiger partial charge is 0.399 e. The number of hydrogen-bond acceptors (Lipinski definition) is 3. The Bertz CT molecular complexity index is 520. The Morgan fingerprint density at radius 3 is 2.28 bits per heavy atom.